The zero-order valence-electron chi connectivity index (χ0n) is 4.35. The summed E-state index contributed by atoms with van der Waals surface area (Å²) in [6.07, 6.45) is 1.49. The van der Waals surface area contributed by atoms with Gasteiger partial charge in [0.05, 0.1) is 13.2 Å². The highest BCUT2D eigenvalue weighted by Gasteiger charge is 1.94. The fourth-order valence-corrected chi connectivity index (χ4v) is 0.212. The van der Waals surface area contributed by atoms with Gasteiger partial charge in [-0.1, -0.05) is 11.2 Å². The van der Waals surface area contributed by atoms with Gasteiger partial charge in [0.2, 0.25) is 0 Å². The minimum Gasteiger partial charge on any atom is -0.435 e. The Labute approximate surface area is 42.9 Å². The van der Waals surface area contributed by atoms with Crippen molar-refractivity contribution in [3.63, 3.8) is 0 Å². The highest BCUT2D eigenvalue weighted by atomic mass is 16.5. The van der Waals surface area contributed by atoms with Crippen molar-refractivity contribution in [1.29, 1.82) is 0 Å². The Bertz CT molecular complexity index is 111. The number of hydrogen-bond donors (Lipinski definition) is 0. The SMILES string of the molecule is C=CC(=[N+]=C)OC. The van der Waals surface area contributed by atoms with E-state index in [1.54, 1.807) is 0 Å². The van der Waals surface area contributed by atoms with E-state index in [1.165, 1.54) is 13.2 Å². The molecular formula is C5H8NO+. The van der Waals surface area contributed by atoms with Gasteiger partial charge in [0, 0.05) is 0 Å². The van der Waals surface area contributed by atoms with Crippen molar-refractivity contribution in [3.8, 4) is 0 Å². The molecule has 0 unspecified atom stereocenters. The molecule has 0 N–H and O–H groups in total. The number of methoxy groups -OCH3 is 1. The van der Waals surface area contributed by atoms with Crippen molar-refractivity contribution in [1.82, 2.24) is 4.67 Å². The lowest BCUT2D eigenvalue weighted by molar-refractivity contribution is 0.406. The molecule has 0 amide bonds. The first-order chi connectivity index (χ1) is 3.35. The first-order valence-corrected chi connectivity index (χ1v) is 1.85. The Morgan fingerprint density at radius 2 is 2.43 bits per heavy atom. The summed E-state index contributed by atoms with van der Waals surface area (Å²) < 4.78 is 8.07. The lowest BCUT2D eigenvalue weighted by Gasteiger charge is -1.77. The Kier molecular flexibility index (Phi) is 2.73. The Balaban J connectivity index is 3.86. The average molecular weight is 98.1 g/mol. The molecule has 0 bridgehead atoms. The molecule has 0 heterocycles. The first kappa shape index (κ1) is 5.99. The van der Waals surface area contributed by atoms with Crippen molar-refractivity contribution >= 4 is 12.6 Å². The molecule has 0 aromatic carbocycles. The summed E-state index contributed by atoms with van der Waals surface area (Å²) in [6.45, 7) is 6.63. The van der Waals surface area contributed by atoms with E-state index >= 15 is 0 Å². The first-order valence-electron chi connectivity index (χ1n) is 1.85. The summed E-state index contributed by atoms with van der Waals surface area (Å²) in [4.78, 5) is 0. The van der Waals surface area contributed by atoms with Crippen LogP contribution < -0.4 is 4.67 Å². The molecule has 2 nitrogen and oxygen atoms in total. The van der Waals surface area contributed by atoms with Crippen molar-refractivity contribution in [2.45, 2.75) is 0 Å². The predicted molar refractivity (Wildman–Crippen MR) is 31.5 cm³/mol. The molecule has 0 aliphatic heterocycles. The van der Waals surface area contributed by atoms with Gasteiger partial charge in [0.25, 0.3) is 6.72 Å². The van der Waals surface area contributed by atoms with Gasteiger partial charge in [-0.05, 0) is 0 Å². The van der Waals surface area contributed by atoms with E-state index in [1.807, 2.05) is 0 Å². The normalized spacial score (nSPS) is 6.43. The Morgan fingerprint density at radius 3 is 2.43 bits per heavy atom. The quantitative estimate of drug-likeness (QED) is 0.257. The summed E-state index contributed by atoms with van der Waals surface area (Å²) in [6, 6.07) is 0. The van der Waals surface area contributed by atoms with Gasteiger partial charge >= 0.3 is 5.90 Å². The maximum absolute atomic E-state index is 4.62. The number of hydrogen-bond acceptors (Lipinski definition) is 1. The average Bonchev–Trinajstić information content (AvgIpc) is 1.72. The molecular weight excluding hydrogens is 90.1 g/mol. The van der Waals surface area contributed by atoms with Crippen LogP contribution in [0.2, 0.25) is 0 Å². The molecule has 0 aliphatic carbocycles. The molecule has 0 aromatic rings. The summed E-state index contributed by atoms with van der Waals surface area (Å²) in [5.74, 6) is 0.458. The predicted octanol–water partition coefficient (Wildman–Crippen LogP) is -0.0149. The van der Waals surface area contributed by atoms with E-state index in [2.05, 4.69) is 22.7 Å². The van der Waals surface area contributed by atoms with Crippen LogP contribution in [0.15, 0.2) is 12.7 Å². The molecule has 0 rings (SSSR count). The molecule has 7 heavy (non-hydrogen) atoms. The van der Waals surface area contributed by atoms with Crippen LogP contribution in [0.25, 0.3) is 0 Å². The molecule has 0 radical (unpaired) electrons. The number of nitrogens with zero attached hydrogens (tertiary/aromatic N) is 1. The van der Waals surface area contributed by atoms with E-state index in [0.717, 1.165) is 0 Å². The van der Waals surface area contributed by atoms with Crippen LogP contribution in [0.1, 0.15) is 0 Å². The highest BCUT2D eigenvalue weighted by molar-refractivity contribution is 5.86. The van der Waals surface area contributed by atoms with Crippen molar-refractivity contribution < 1.29 is 4.74 Å². The minimum absolute atomic E-state index is 0.458. The third-order valence-electron chi connectivity index (χ3n) is 0.540. The van der Waals surface area contributed by atoms with E-state index in [9.17, 15) is 0 Å². The molecule has 0 spiro atoms. The molecule has 0 saturated carbocycles. The summed E-state index contributed by atoms with van der Waals surface area (Å²) in [5, 5.41) is 0. The van der Waals surface area contributed by atoms with E-state index in [4.69, 9.17) is 0 Å². The van der Waals surface area contributed by atoms with Gasteiger partial charge in [0.1, 0.15) is 0 Å². The van der Waals surface area contributed by atoms with Crippen LogP contribution in [0.3, 0.4) is 0 Å². The van der Waals surface area contributed by atoms with Gasteiger partial charge in [-0.15, -0.1) is 0 Å². The van der Waals surface area contributed by atoms with Crippen LogP contribution >= 0.6 is 0 Å². The topological polar surface area (TPSA) is 23.3 Å². The highest BCUT2D eigenvalue weighted by Crippen LogP contribution is 1.67. The summed E-state index contributed by atoms with van der Waals surface area (Å²) in [7, 11) is 1.52. The summed E-state index contributed by atoms with van der Waals surface area (Å²) in [5.41, 5.74) is 0. The van der Waals surface area contributed by atoms with Crippen LogP contribution in [-0.4, -0.2) is 19.7 Å². The fraction of sp³-hybridized carbons (Fsp3) is 0.200. The van der Waals surface area contributed by atoms with Crippen molar-refractivity contribution in [2.75, 3.05) is 7.11 Å². The van der Waals surface area contributed by atoms with Crippen LogP contribution in [0.5, 0.6) is 0 Å². The van der Waals surface area contributed by atoms with E-state index in [0.29, 0.717) is 5.90 Å². The van der Waals surface area contributed by atoms with Crippen molar-refractivity contribution in [3.05, 3.63) is 12.7 Å². The lowest BCUT2D eigenvalue weighted by atomic mass is 10.6. The van der Waals surface area contributed by atoms with Gasteiger partial charge in [0.15, 0.2) is 0 Å². The maximum Gasteiger partial charge on any atom is 0.485 e. The second-order valence-corrected chi connectivity index (χ2v) is 0.905. The molecule has 0 aliphatic rings. The molecule has 0 aromatic heterocycles. The van der Waals surface area contributed by atoms with Gasteiger partial charge in [-0.25, -0.2) is 0 Å². The standard InChI is InChI=1S/C5H8NO/c1-4-5(6-2)7-3/h4H,1-2H2,3H3/q+1. The largest absolute Gasteiger partial charge is 0.485 e. The smallest absolute Gasteiger partial charge is 0.435 e. The van der Waals surface area contributed by atoms with Gasteiger partial charge in [-0.3, -0.25) is 0 Å². The third-order valence-corrected chi connectivity index (χ3v) is 0.540. The molecule has 0 fully saturated rings. The lowest BCUT2D eigenvalue weighted by Crippen LogP contribution is -1.97. The van der Waals surface area contributed by atoms with E-state index in [-0.39, 0.29) is 0 Å². The second kappa shape index (κ2) is 3.19. The minimum atomic E-state index is 0.458. The van der Waals surface area contributed by atoms with E-state index < -0.39 is 0 Å². The van der Waals surface area contributed by atoms with Crippen molar-refractivity contribution in [2.24, 2.45) is 0 Å². The molecule has 38 valence electrons. The van der Waals surface area contributed by atoms with Crippen LogP contribution in [0.4, 0.5) is 0 Å². The number of ether oxygens (including phenoxy) is 1. The second-order valence-electron chi connectivity index (χ2n) is 0.905. The number of rotatable bonds is 1. The maximum atomic E-state index is 4.62. The molecule has 0 saturated heterocycles. The monoisotopic (exact) mass is 98.1 g/mol. The molecule has 2 heteroatoms. The Morgan fingerprint density at radius 1 is 1.86 bits per heavy atom. The summed E-state index contributed by atoms with van der Waals surface area (Å²) >= 11 is 0. The van der Waals surface area contributed by atoms with Crippen LogP contribution in [-0.2, 0) is 4.74 Å². The zero-order valence-corrected chi connectivity index (χ0v) is 4.35. The van der Waals surface area contributed by atoms with Crippen LogP contribution in [0, 0.1) is 0 Å². The van der Waals surface area contributed by atoms with Gasteiger partial charge < -0.3 is 4.74 Å². The zero-order chi connectivity index (χ0) is 5.70. The van der Waals surface area contributed by atoms with Gasteiger partial charge in [-0.2, -0.15) is 0 Å². The Hall–Kier alpha value is -1.01. The fourth-order valence-electron chi connectivity index (χ4n) is 0.212. The molecule has 0 atom stereocenters. The third kappa shape index (κ3) is 1.79.